The SMILES string of the molecule is CC(C)(C)OC(=O)[C@@H]1C[C@@H](Cc2ccccc2)[C@H](c2ccccc2)N1C(=O)CNC(=O)Nc1cccc(C(=O)O)c1. The van der Waals surface area contributed by atoms with Crippen molar-refractivity contribution in [1.82, 2.24) is 10.2 Å². The normalized spacial score (nSPS) is 18.4. The van der Waals surface area contributed by atoms with Gasteiger partial charge in [-0.15, -0.1) is 0 Å². The number of hydrogen-bond donors (Lipinski definition) is 3. The van der Waals surface area contributed by atoms with Gasteiger partial charge in [-0.25, -0.2) is 14.4 Å². The van der Waals surface area contributed by atoms with Crippen LogP contribution in [0.25, 0.3) is 0 Å². The molecular formula is C32H35N3O6. The Bertz CT molecular complexity index is 1390. The van der Waals surface area contributed by atoms with Gasteiger partial charge in [-0.05, 0) is 68.9 Å². The molecule has 1 fully saturated rings. The highest BCUT2D eigenvalue weighted by Gasteiger charge is 2.48. The summed E-state index contributed by atoms with van der Waals surface area (Å²) in [6.07, 6.45) is 1.06. The van der Waals surface area contributed by atoms with Crippen LogP contribution in [0.2, 0.25) is 0 Å². The van der Waals surface area contributed by atoms with E-state index in [1.165, 1.54) is 18.2 Å². The molecular weight excluding hydrogens is 522 g/mol. The van der Waals surface area contributed by atoms with Crippen LogP contribution in [0, 0.1) is 5.92 Å². The van der Waals surface area contributed by atoms with E-state index < -0.39 is 41.6 Å². The van der Waals surface area contributed by atoms with Crippen LogP contribution in [0.5, 0.6) is 0 Å². The van der Waals surface area contributed by atoms with Crippen LogP contribution in [-0.2, 0) is 20.7 Å². The van der Waals surface area contributed by atoms with Gasteiger partial charge < -0.3 is 25.4 Å². The van der Waals surface area contributed by atoms with Crippen molar-refractivity contribution in [3.8, 4) is 0 Å². The van der Waals surface area contributed by atoms with E-state index in [2.05, 4.69) is 10.6 Å². The van der Waals surface area contributed by atoms with Crippen molar-refractivity contribution in [2.75, 3.05) is 11.9 Å². The van der Waals surface area contributed by atoms with E-state index in [1.54, 1.807) is 31.7 Å². The maximum Gasteiger partial charge on any atom is 0.335 e. The molecule has 1 aliphatic heterocycles. The Balaban J connectivity index is 1.58. The second kappa shape index (κ2) is 12.7. The summed E-state index contributed by atoms with van der Waals surface area (Å²) in [5.41, 5.74) is 1.53. The van der Waals surface area contributed by atoms with E-state index in [4.69, 9.17) is 4.74 Å². The smallest absolute Gasteiger partial charge is 0.335 e. The van der Waals surface area contributed by atoms with Crippen molar-refractivity contribution in [2.24, 2.45) is 5.92 Å². The monoisotopic (exact) mass is 557 g/mol. The van der Waals surface area contributed by atoms with E-state index >= 15 is 0 Å². The number of anilines is 1. The van der Waals surface area contributed by atoms with Crippen molar-refractivity contribution in [3.63, 3.8) is 0 Å². The minimum absolute atomic E-state index is 0.0197. The number of nitrogens with zero attached hydrogens (tertiary/aromatic N) is 1. The Labute approximate surface area is 239 Å². The van der Waals surface area contributed by atoms with Crippen LogP contribution in [-0.4, -0.2) is 52.1 Å². The second-order valence-electron chi connectivity index (χ2n) is 11.1. The lowest BCUT2D eigenvalue weighted by atomic mass is 9.87. The third-order valence-corrected chi connectivity index (χ3v) is 6.82. The molecule has 0 aromatic heterocycles. The fourth-order valence-corrected chi connectivity index (χ4v) is 5.21. The average Bonchev–Trinajstić information content (AvgIpc) is 3.31. The summed E-state index contributed by atoms with van der Waals surface area (Å²) in [6.45, 7) is 4.99. The number of aromatic carboxylic acids is 1. The van der Waals surface area contributed by atoms with Crippen molar-refractivity contribution in [3.05, 3.63) is 102 Å². The number of hydrogen-bond acceptors (Lipinski definition) is 5. The summed E-state index contributed by atoms with van der Waals surface area (Å²) >= 11 is 0. The lowest BCUT2D eigenvalue weighted by Crippen LogP contribution is -2.48. The van der Waals surface area contributed by atoms with Gasteiger partial charge >= 0.3 is 18.0 Å². The van der Waals surface area contributed by atoms with Gasteiger partial charge in [0.05, 0.1) is 18.2 Å². The van der Waals surface area contributed by atoms with Gasteiger partial charge in [0.1, 0.15) is 11.6 Å². The summed E-state index contributed by atoms with van der Waals surface area (Å²) < 4.78 is 5.74. The molecule has 4 rings (SSSR count). The van der Waals surface area contributed by atoms with E-state index in [1.807, 2.05) is 60.7 Å². The van der Waals surface area contributed by atoms with Crippen molar-refractivity contribution in [2.45, 2.75) is 51.3 Å². The molecule has 0 saturated carbocycles. The van der Waals surface area contributed by atoms with E-state index in [-0.39, 0.29) is 23.7 Å². The Hall–Kier alpha value is -4.66. The zero-order chi connectivity index (χ0) is 29.6. The van der Waals surface area contributed by atoms with Crippen LogP contribution in [0.1, 0.15) is 54.7 Å². The predicted octanol–water partition coefficient (Wildman–Crippen LogP) is 5.05. The van der Waals surface area contributed by atoms with Crippen LogP contribution >= 0.6 is 0 Å². The quantitative estimate of drug-likeness (QED) is 0.333. The third kappa shape index (κ3) is 7.72. The van der Waals surface area contributed by atoms with E-state index in [9.17, 15) is 24.3 Å². The number of urea groups is 1. The van der Waals surface area contributed by atoms with Crippen molar-refractivity contribution >= 4 is 29.6 Å². The van der Waals surface area contributed by atoms with Gasteiger partial charge in [-0.1, -0.05) is 66.7 Å². The topological polar surface area (TPSA) is 125 Å². The van der Waals surface area contributed by atoms with Crippen molar-refractivity contribution < 1.29 is 29.0 Å². The van der Waals surface area contributed by atoms with E-state index in [0.29, 0.717) is 12.8 Å². The molecule has 0 radical (unpaired) electrons. The molecule has 1 saturated heterocycles. The number of rotatable bonds is 8. The molecule has 3 amide bonds. The first-order chi connectivity index (χ1) is 19.5. The highest BCUT2D eigenvalue weighted by Crippen LogP contribution is 2.43. The third-order valence-electron chi connectivity index (χ3n) is 6.82. The summed E-state index contributed by atoms with van der Waals surface area (Å²) in [7, 11) is 0. The van der Waals surface area contributed by atoms with Gasteiger partial charge in [0, 0.05) is 5.69 Å². The number of benzene rings is 3. The lowest BCUT2D eigenvalue weighted by molar-refractivity contribution is -0.164. The van der Waals surface area contributed by atoms with Crippen LogP contribution < -0.4 is 10.6 Å². The molecule has 0 bridgehead atoms. The Morgan fingerprint density at radius 1 is 0.927 bits per heavy atom. The molecule has 0 aliphatic carbocycles. The predicted molar refractivity (Wildman–Crippen MR) is 154 cm³/mol. The molecule has 1 heterocycles. The van der Waals surface area contributed by atoms with Crippen LogP contribution in [0.4, 0.5) is 10.5 Å². The Morgan fingerprint density at radius 2 is 1.59 bits per heavy atom. The molecule has 9 nitrogen and oxygen atoms in total. The molecule has 3 aromatic rings. The van der Waals surface area contributed by atoms with Gasteiger partial charge in [-0.2, -0.15) is 0 Å². The first-order valence-corrected chi connectivity index (χ1v) is 13.5. The molecule has 9 heteroatoms. The number of carboxylic acids is 1. The zero-order valence-corrected chi connectivity index (χ0v) is 23.4. The second-order valence-corrected chi connectivity index (χ2v) is 11.1. The van der Waals surface area contributed by atoms with Gasteiger partial charge in [0.2, 0.25) is 5.91 Å². The standard InChI is InChI=1S/C32H35N3O6/c1-32(2,3)41-30(39)26-19-24(17-21-11-6-4-7-12-21)28(22-13-8-5-9-14-22)35(26)27(36)20-33-31(40)34-25-16-10-15-23(18-25)29(37)38/h4-16,18,24,26,28H,17,19-20H2,1-3H3,(H,37,38)(H2,33,34,40)/t24-,26+,28+/m1/s1. The van der Waals surface area contributed by atoms with Gasteiger partial charge in [-0.3, -0.25) is 4.79 Å². The lowest BCUT2D eigenvalue weighted by Gasteiger charge is -2.33. The fraction of sp³-hybridized carbons (Fsp3) is 0.312. The molecule has 3 N–H and O–H groups in total. The summed E-state index contributed by atoms with van der Waals surface area (Å²) in [4.78, 5) is 52.7. The molecule has 1 aliphatic rings. The van der Waals surface area contributed by atoms with Gasteiger partial charge in [0.15, 0.2) is 0 Å². The molecule has 3 aromatic carbocycles. The minimum atomic E-state index is -1.12. The van der Waals surface area contributed by atoms with E-state index in [0.717, 1.165) is 11.1 Å². The molecule has 0 unspecified atom stereocenters. The van der Waals surface area contributed by atoms with Crippen LogP contribution in [0.3, 0.4) is 0 Å². The average molecular weight is 558 g/mol. The number of ether oxygens (including phenoxy) is 1. The summed E-state index contributed by atoms with van der Waals surface area (Å²) in [6, 6.07) is 23.4. The number of carbonyl (C=O) groups excluding carboxylic acids is 3. The number of likely N-dealkylation sites (tertiary alicyclic amines) is 1. The highest BCUT2D eigenvalue weighted by atomic mass is 16.6. The molecule has 41 heavy (non-hydrogen) atoms. The number of carboxylic acid groups (broad SMARTS) is 1. The van der Waals surface area contributed by atoms with Crippen LogP contribution in [0.15, 0.2) is 84.9 Å². The Kier molecular flexibility index (Phi) is 9.07. The largest absolute Gasteiger partial charge is 0.478 e. The molecule has 214 valence electrons. The Morgan fingerprint density at radius 3 is 2.22 bits per heavy atom. The zero-order valence-electron chi connectivity index (χ0n) is 23.4. The number of amides is 3. The molecule has 3 atom stereocenters. The number of carbonyl (C=O) groups is 4. The fourth-order valence-electron chi connectivity index (χ4n) is 5.21. The number of esters is 1. The number of nitrogens with one attached hydrogen (secondary N) is 2. The maximum absolute atomic E-state index is 13.8. The first-order valence-electron chi connectivity index (χ1n) is 13.5. The highest BCUT2D eigenvalue weighted by molar-refractivity contribution is 5.95. The summed E-state index contributed by atoms with van der Waals surface area (Å²) in [5, 5.41) is 14.3. The maximum atomic E-state index is 13.8. The summed E-state index contributed by atoms with van der Waals surface area (Å²) in [5.74, 6) is -2.12. The minimum Gasteiger partial charge on any atom is -0.478 e. The first kappa shape index (κ1) is 29.3. The van der Waals surface area contributed by atoms with Crippen molar-refractivity contribution in [1.29, 1.82) is 0 Å². The van der Waals surface area contributed by atoms with Gasteiger partial charge in [0.25, 0.3) is 0 Å². The molecule has 0 spiro atoms.